The molecular formula is C10H14F8N2. The normalized spacial score (nSPS) is 23.7. The van der Waals surface area contributed by atoms with Crippen molar-refractivity contribution in [3.8, 4) is 0 Å². The van der Waals surface area contributed by atoms with Crippen molar-refractivity contribution in [2.45, 2.75) is 37.2 Å². The fourth-order valence-electron chi connectivity index (χ4n) is 2.03. The number of alkyl halides is 8. The summed E-state index contributed by atoms with van der Waals surface area (Å²) in [5, 5.41) is 2.68. The lowest BCUT2D eigenvalue weighted by Crippen LogP contribution is -2.51. The average Bonchev–Trinajstić information content (AvgIpc) is 2.40. The monoisotopic (exact) mass is 314 g/mol. The summed E-state index contributed by atoms with van der Waals surface area (Å²) in [5.41, 5.74) is 0. The molecule has 1 aliphatic rings. The van der Waals surface area contributed by atoms with Gasteiger partial charge >= 0.3 is 18.3 Å². The van der Waals surface area contributed by atoms with Crippen LogP contribution in [-0.2, 0) is 0 Å². The Morgan fingerprint density at radius 3 is 2.05 bits per heavy atom. The summed E-state index contributed by atoms with van der Waals surface area (Å²) in [6.45, 7) is -1.82. The summed E-state index contributed by atoms with van der Waals surface area (Å²) < 4.78 is 99.5. The SMILES string of the molecule is FC(F)(F)CC1CCNCCN1CC(F)(F)C(F)(F)F. The predicted molar refractivity (Wildman–Crippen MR) is 54.5 cm³/mol. The number of hydrogen-bond donors (Lipinski definition) is 1. The van der Waals surface area contributed by atoms with Gasteiger partial charge in [-0.1, -0.05) is 0 Å². The number of hydrogen-bond acceptors (Lipinski definition) is 2. The Bertz CT molecular complexity index is 311. The number of rotatable bonds is 3. The van der Waals surface area contributed by atoms with E-state index >= 15 is 0 Å². The van der Waals surface area contributed by atoms with Gasteiger partial charge in [0, 0.05) is 19.1 Å². The summed E-state index contributed by atoms with van der Waals surface area (Å²) in [7, 11) is 0. The first-order chi connectivity index (χ1) is 8.92. The highest BCUT2D eigenvalue weighted by Crippen LogP contribution is 2.37. The Balaban J connectivity index is 2.81. The summed E-state index contributed by atoms with van der Waals surface area (Å²) in [4.78, 5) is 0.570. The van der Waals surface area contributed by atoms with Crippen LogP contribution in [0, 0.1) is 0 Å². The Morgan fingerprint density at radius 2 is 1.55 bits per heavy atom. The smallest absolute Gasteiger partial charge is 0.315 e. The van der Waals surface area contributed by atoms with Crippen molar-refractivity contribution in [2.24, 2.45) is 0 Å². The van der Waals surface area contributed by atoms with Crippen molar-refractivity contribution >= 4 is 0 Å². The third kappa shape index (κ3) is 5.04. The van der Waals surface area contributed by atoms with Gasteiger partial charge in [-0.25, -0.2) is 0 Å². The molecule has 1 aliphatic heterocycles. The summed E-state index contributed by atoms with van der Waals surface area (Å²) in [6, 6.07) is -1.38. The maximum Gasteiger partial charge on any atom is 0.454 e. The van der Waals surface area contributed by atoms with E-state index in [4.69, 9.17) is 0 Å². The molecule has 120 valence electrons. The van der Waals surface area contributed by atoms with Crippen LogP contribution in [0.4, 0.5) is 35.1 Å². The van der Waals surface area contributed by atoms with Gasteiger partial charge in [0.2, 0.25) is 0 Å². The van der Waals surface area contributed by atoms with Crippen LogP contribution < -0.4 is 5.32 Å². The molecule has 1 fully saturated rings. The molecule has 1 N–H and O–H groups in total. The van der Waals surface area contributed by atoms with Gasteiger partial charge in [-0.15, -0.1) is 0 Å². The van der Waals surface area contributed by atoms with Crippen molar-refractivity contribution in [1.82, 2.24) is 10.2 Å². The second kappa shape index (κ2) is 6.00. The Labute approximate surface area is 110 Å². The van der Waals surface area contributed by atoms with Crippen LogP contribution in [0.1, 0.15) is 12.8 Å². The molecule has 0 spiro atoms. The molecule has 1 heterocycles. The van der Waals surface area contributed by atoms with Crippen molar-refractivity contribution in [2.75, 3.05) is 26.2 Å². The molecule has 0 amide bonds. The highest BCUT2D eigenvalue weighted by atomic mass is 19.4. The lowest BCUT2D eigenvalue weighted by atomic mass is 10.1. The van der Waals surface area contributed by atoms with Crippen LogP contribution in [-0.4, -0.2) is 55.4 Å². The largest absolute Gasteiger partial charge is 0.454 e. The van der Waals surface area contributed by atoms with E-state index in [1.807, 2.05) is 0 Å². The summed E-state index contributed by atoms with van der Waals surface area (Å²) in [6.07, 6.45) is -11.9. The molecule has 1 saturated heterocycles. The number of halogens is 8. The highest BCUT2D eigenvalue weighted by molar-refractivity contribution is 4.86. The van der Waals surface area contributed by atoms with E-state index in [9.17, 15) is 35.1 Å². The van der Waals surface area contributed by atoms with E-state index in [0.717, 1.165) is 0 Å². The molecule has 1 unspecified atom stereocenters. The van der Waals surface area contributed by atoms with Crippen molar-refractivity contribution in [3.63, 3.8) is 0 Å². The standard InChI is InChI=1S/C10H14F8N2/c11-8(12,10(16,17)18)6-20-4-3-19-2-1-7(20)5-9(13,14)15/h7,19H,1-6H2. The Morgan fingerprint density at radius 1 is 0.950 bits per heavy atom. The first-order valence-corrected chi connectivity index (χ1v) is 5.88. The molecule has 0 aromatic heterocycles. The molecule has 0 aliphatic carbocycles. The van der Waals surface area contributed by atoms with Gasteiger partial charge in [-0.05, 0) is 13.0 Å². The van der Waals surface area contributed by atoms with Gasteiger partial charge in [0.15, 0.2) is 0 Å². The first kappa shape index (κ1) is 17.4. The van der Waals surface area contributed by atoms with Crippen LogP contribution in [0.2, 0.25) is 0 Å². The minimum atomic E-state index is -5.77. The molecule has 20 heavy (non-hydrogen) atoms. The zero-order valence-electron chi connectivity index (χ0n) is 10.3. The maximum absolute atomic E-state index is 13.0. The zero-order chi connectivity index (χ0) is 15.6. The molecule has 0 radical (unpaired) electrons. The second-order valence-corrected chi connectivity index (χ2v) is 4.68. The highest BCUT2D eigenvalue weighted by Gasteiger charge is 2.58. The van der Waals surface area contributed by atoms with Crippen molar-refractivity contribution in [3.05, 3.63) is 0 Å². The number of nitrogens with zero attached hydrogens (tertiary/aromatic N) is 1. The van der Waals surface area contributed by atoms with Crippen molar-refractivity contribution in [1.29, 1.82) is 0 Å². The van der Waals surface area contributed by atoms with E-state index in [2.05, 4.69) is 5.32 Å². The zero-order valence-corrected chi connectivity index (χ0v) is 10.3. The van der Waals surface area contributed by atoms with E-state index in [1.165, 1.54) is 0 Å². The lowest BCUT2D eigenvalue weighted by molar-refractivity contribution is -0.288. The molecule has 1 rings (SSSR count). The minimum Gasteiger partial charge on any atom is -0.315 e. The van der Waals surface area contributed by atoms with E-state index in [1.54, 1.807) is 0 Å². The molecule has 0 saturated carbocycles. The molecule has 0 aromatic rings. The van der Waals surface area contributed by atoms with Gasteiger partial charge in [-0.3, -0.25) is 4.90 Å². The molecule has 10 heteroatoms. The minimum absolute atomic E-state index is 0.0717. The van der Waals surface area contributed by atoms with Gasteiger partial charge < -0.3 is 5.32 Å². The predicted octanol–water partition coefficient (Wildman–Crippen LogP) is 2.80. The first-order valence-electron chi connectivity index (χ1n) is 5.88. The topological polar surface area (TPSA) is 15.3 Å². The fraction of sp³-hybridized carbons (Fsp3) is 1.00. The molecular weight excluding hydrogens is 300 g/mol. The van der Waals surface area contributed by atoms with Crippen LogP contribution in [0.3, 0.4) is 0 Å². The summed E-state index contributed by atoms with van der Waals surface area (Å²) in [5.74, 6) is -5.03. The Kier molecular flexibility index (Phi) is 5.23. The maximum atomic E-state index is 13.0. The molecule has 1 atom stereocenters. The van der Waals surface area contributed by atoms with Gasteiger partial charge in [-0.2, -0.15) is 35.1 Å². The van der Waals surface area contributed by atoms with E-state index < -0.39 is 37.3 Å². The third-order valence-electron chi connectivity index (χ3n) is 3.03. The number of nitrogens with one attached hydrogen (secondary N) is 1. The molecule has 2 nitrogen and oxygen atoms in total. The average molecular weight is 314 g/mol. The van der Waals surface area contributed by atoms with E-state index in [0.29, 0.717) is 4.90 Å². The van der Waals surface area contributed by atoms with Crippen molar-refractivity contribution < 1.29 is 35.1 Å². The lowest BCUT2D eigenvalue weighted by Gasteiger charge is -2.33. The second-order valence-electron chi connectivity index (χ2n) is 4.68. The fourth-order valence-corrected chi connectivity index (χ4v) is 2.03. The third-order valence-corrected chi connectivity index (χ3v) is 3.03. The van der Waals surface area contributed by atoms with E-state index in [-0.39, 0.29) is 26.1 Å². The van der Waals surface area contributed by atoms with Crippen LogP contribution >= 0.6 is 0 Å². The van der Waals surface area contributed by atoms with Gasteiger partial charge in [0.25, 0.3) is 0 Å². The molecule has 0 aromatic carbocycles. The summed E-state index contributed by atoms with van der Waals surface area (Å²) >= 11 is 0. The van der Waals surface area contributed by atoms with Crippen LogP contribution in [0.5, 0.6) is 0 Å². The van der Waals surface area contributed by atoms with Crippen LogP contribution in [0.25, 0.3) is 0 Å². The van der Waals surface area contributed by atoms with Crippen LogP contribution in [0.15, 0.2) is 0 Å². The molecule has 0 bridgehead atoms. The van der Waals surface area contributed by atoms with Gasteiger partial charge in [0.1, 0.15) is 0 Å². The Hall–Kier alpha value is -0.640. The quantitative estimate of drug-likeness (QED) is 0.806. The van der Waals surface area contributed by atoms with Gasteiger partial charge in [0.05, 0.1) is 13.0 Å².